The van der Waals surface area contributed by atoms with Crippen LogP contribution in [0.4, 0.5) is 0 Å². The van der Waals surface area contributed by atoms with Gasteiger partial charge >= 0.3 is 0 Å². The molecule has 0 unspecified atom stereocenters. The number of carbonyl (C=O) groups excluding carboxylic acids is 1. The normalized spacial score (nSPS) is 9.67. The van der Waals surface area contributed by atoms with Crippen molar-refractivity contribution in [2.75, 3.05) is 20.2 Å². The van der Waals surface area contributed by atoms with E-state index in [0.717, 1.165) is 19.5 Å². The SMILES string of the molecule is CCCCNCCC(=O)c1ccccc1OC.Cl. The molecule has 0 heterocycles. The summed E-state index contributed by atoms with van der Waals surface area (Å²) in [5, 5.41) is 3.26. The number of benzene rings is 1. The van der Waals surface area contributed by atoms with E-state index in [4.69, 9.17) is 4.74 Å². The largest absolute Gasteiger partial charge is 0.496 e. The molecule has 0 aliphatic heterocycles. The molecule has 0 radical (unpaired) electrons. The molecule has 0 spiro atoms. The van der Waals surface area contributed by atoms with Crippen LogP contribution >= 0.6 is 12.4 Å². The van der Waals surface area contributed by atoms with E-state index in [2.05, 4.69) is 12.2 Å². The lowest BCUT2D eigenvalue weighted by molar-refractivity contribution is 0.0979. The van der Waals surface area contributed by atoms with E-state index in [1.54, 1.807) is 7.11 Å². The van der Waals surface area contributed by atoms with Crippen LogP contribution in [0.1, 0.15) is 36.5 Å². The monoisotopic (exact) mass is 271 g/mol. The van der Waals surface area contributed by atoms with Crippen molar-refractivity contribution in [3.05, 3.63) is 29.8 Å². The fourth-order valence-corrected chi connectivity index (χ4v) is 1.64. The summed E-state index contributed by atoms with van der Waals surface area (Å²) >= 11 is 0. The van der Waals surface area contributed by atoms with Gasteiger partial charge in [0.25, 0.3) is 0 Å². The average Bonchev–Trinajstić information content (AvgIpc) is 2.38. The Morgan fingerprint density at radius 2 is 2.00 bits per heavy atom. The van der Waals surface area contributed by atoms with Crippen molar-refractivity contribution in [1.29, 1.82) is 0 Å². The Labute approximate surface area is 115 Å². The summed E-state index contributed by atoms with van der Waals surface area (Å²) < 4.78 is 5.17. The number of Topliss-reactive ketones (excluding diaryl/α,β-unsaturated/α-hetero) is 1. The van der Waals surface area contributed by atoms with Crippen LogP contribution in [0.2, 0.25) is 0 Å². The van der Waals surface area contributed by atoms with Crippen LogP contribution in [0.15, 0.2) is 24.3 Å². The summed E-state index contributed by atoms with van der Waals surface area (Å²) in [6.07, 6.45) is 2.85. The van der Waals surface area contributed by atoms with E-state index in [1.165, 1.54) is 6.42 Å². The second-order valence-electron chi connectivity index (χ2n) is 3.98. The van der Waals surface area contributed by atoms with Crippen molar-refractivity contribution in [1.82, 2.24) is 5.32 Å². The molecule has 1 rings (SSSR count). The van der Waals surface area contributed by atoms with Gasteiger partial charge in [-0.3, -0.25) is 4.79 Å². The van der Waals surface area contributed by atoms with Gasteiger partial charge < -0.3 is 10.1 Å². The predicted molar refractivity (Wildman–Crippen MR) is 77.0 cm³/mol. The average molecular weight is 272 g/mol. The van der Waals surface area contributed by atoms with Crippen molar-refractivity contribution in [3.63, 3.8) is 0 Å². The maximum Gasteiger partial charge on any atom is 0.167 e. The number of nitrogens with one attached hydrogen (secondary N) is 1. The first-order valence-electron chi connectivity index (χ1n) is 6.16. The fraction of sp³-hybridized carbons (Fsp3) is 0.500. The molecular formula is C14H22ClNO2. The van der Waals surface area contributed by atoms with Gasteiger partial charge in [0.2, 0.25) is 0 Å². The number of rotatable bonds is 8. The van der Waals surface area contributed by atoms with E-state index in [0.29, 0.717) is 17.7 Å². The van der Waals surface area contributed by atoms with E-state index in [9.17, 15) is 4.79 Å². The molecule has 0 amide bonds. The summed E-state index contributed by atoms with van der Waals surface area (Å²) in [6, 6.07) is 7.36. The maximum atomic E-state index is 11.9. The lowest BCUT2D eigenvalue weighted by Gasteiger charge is -2.07. The van der Waals surface area contributed by atoms with Gasteiger partial charge in [-0.15, -0.1) is 12.4 Å². The van der Waals surface area contributed by atoms with Gasteiger partial charge in [0.15, 0.2) is 5.78 Å². The second kappa shape index (κ2) is 9.92. The highest BCUT2D eigenvalue weighted by molar-refractivity contribution is 5.98. The molecule has 0 aliphatic carbocycles. The number of ether oxygens (including phenoxy) is 1. The zero-order chi connectivity index (χ0) is 12.5. The molecule has 4 heteroatoms. The van der Waals surface area contributed by atoms with Gasteiger partial charge in [-0.2, -0.15) is 0 Å². The summed E-state index contributed by atoms with van der Waals surface area (Å²) in [4.78, 5) is 11.9. The standard InChI is InChI=1S/C14H21NO2.ClH/c1-3-4-10-15-11-9-13(16)12-7-5-6-8-14(12)17-2;/h5-8,15H,3-4,9-11H2,1-2H3;1H. The van der Waals surface area contributed by atoms with Gasteiger partial charge in [0, 0.05) is 13.0 Å². The van der Waals surface area contributed by atoms with Crippen LogP contribution < -0.4 is 10.1 Å². The number of halogens is 1. The molecule has 1 aromatic rings. The van der Waals surface area contributed by atoms with Crippen molar-refractivity contribution in [2.24, 2.45) is 0 Å². The Kier molecular flexibility index (Phi) is 9.33. The van der Waals surface area contributed by atoms with Crippen molar-refractivity contribution < 1.29 is 9.53 Å². The van der Waals surface area contributed by atoms with Gasteiger partial charge in [0.05, 0.1) is 12.7 Å². The molecule has 3 nitrogen and oxygen atoms in total. The van der Waals surface area contributed by atoms with E-state index < -0.39 is 0 Å². The quantitative estimate of drug-likeness (QED) is 0.583. The molecule has 102 valence electrons. The maximum absolute atomic E-state index is 11.9. The molecule has 0 saturated heterocycles. The third kappa shape index (κ3) is 5.52. The summed E-state index contributed by atoms with van der Waals surface area (Å²) in [6.45, 7) is 3.87. The highest BCUT2D eigenvalue weighted by atomic mass is 35.5. The van der Waals surface area contributed by atoms with Gasteiger partial charge in [-0.05, 0) is 25.1 Å². The first kappa shape index (κ1) is 16.9. The van der Waals surface area contributed by atoms with Crippen LogP contribution in [0, 0.1) is 0 Å². The summed E-state index contributed by atoms with van der Waals surface area (Å²) in [5.74, 6) is 0.789. The van der Waals surface area contributed by atoms with Crippen molar-refractivity contribution in [3.8, 4) is 5.75 Å². The molecule has 1 N–H and O–H groups in total. The minimum absolute atomic E-state index is 0. The Bertz CT molecular complexity index is 355. The molecule has 1 aromatic carbocycles. The lowest BCUT2D eigenvalue weighted by atomic mass is 10.1. The van der Waals surface area contributed by atoms with Crippen LogP contribution in [0.25, 0.3) is 0 Å². The third-order valence-corrected chi connectivity index (χ3v) is 2.64. The molecule has 0 aromatic heterocycles. The first-order valence-corrected chi connectivity index (χ1v) is 6.16. The van der Waals surface area contributed by atoms with Crippen LogP contribution in [0.5, 0.6) is 5.75 Å². The van der Waals surface area contributed by atoms with Crippen LogP contribution in [-0.4, -0.2) is 26.0 Å². The Balaban J connectivity index is 0.00000289. The van der Waals surface area contributed by atoms with Crippen LogP contribution in [-0.2, 0) is 0 Å². The zero-order valence-electron chi connectivity index (χ0n) is 11.1. The molecule has 0 aliphatic rings. The van der Waals surface area contributed by atoms with Gasteiger partial charge in [-0.25, -0.2) is 0 Å². The smallest absolute Gasteiger partial charge is 0.167 e. The van der Waals surface area contributed by atoms with E-state index in [1.807, 2.05) is 24.3 Å². The summed E-state index contributed by atoms with van der Waals surface area (Å²) in [7, 11) is 1.59. The Morgan fingerprint density at radius 3 is 2.67 bits per heavy atom. The highest BCUT2D eigenvalue weighted by Gasteiger charge is 2.10. The van der Waals surface area contributed by atoms with Crippen molar-refractivity contribution in [2.45, 2.75) is 26.2 Å². The number of unbranched alkanes of at least 4 members (excludes halogenated alkanes) is 1. The van der Waals surface area contributed by atoms with E-state index in [-0.39, 0.29) is 18.2 Å². The number of carbonyl (C=O) groups is 1. The first-order chi connectivity index (χ1) is 8.29. The highest BCUT2D eigenvalue weighted by Crippen LogP contribution is 2.18. The Hall–Kier alpha value is -1.06. The number of methoxy groups -OCH3 is 1. The minimum Gasteiger partial charge on any atom is -0.496 e. The second-order valence-corrected chi connectivity index (χ2v) is 3.98. The van der Waals surface area contributed by atoms with Gasteiger partial charge in [-0.1, -0.05) is 25.5 Å². The number of ketones is 1. The number of hydrogen-bond acceptors (Lipinski definition) is 3. The molecule has 18 heavy (non-hydrogen) atoms. The fourth-order valence-electron chi connectivity index (χ4n) is 1.64. The zero-order valence-corrected chi connectivity index (χ0v) is 11.9. The third-order valence-electron chi connectivity index (χ3n) is 2.64. The van der Waals surface area contributed by atoms with Gasteiger partial charge in [0.1, 0.15) is 5.75 Å². The molecule has 0 fully saturated rings. The number of hydrogen-bond donors (Lipinski definition) is 1. The minimum atomic E-state index is 0. The molecular weight excluding hydrogens is 250 g/mol. The molecule has 0 bridgehead atoms. The number of para-hydroxylation sites is 1. The Morgan fingerprint density at radius 1 is 1.28 bits per heavy atom. The predicted octanol–water partition coefficient (Wildman–Crippen LogP) is 3.08. The lowest BCUT2D eigenvalue weighted by Crippen LogP contribution is -2.19. The topological polar surface area (TPSA) is 38.3 Å². The molecule has 0 atom stereocenters. The van der Waals surface area contributed by atoms with Crippen LogP contribution in [0.3, 0.4) is 0 Å². The van der Waals surface area contributed by atoms with E-state index >= 15 is 0 Å². The molecule has 0 saturated carbocycles. The van der Waals surface area contributed by atoms with Crippen molar-refractivity contribution >= 4 is 18.2 Å². The summed E-state index contributed by atoms with van der Waals surface area (Å²) in [5.41, 5.74) is 0.673.